The van der Waals surface area contributed by atoms with Gasteiger partial charge in [-0.05, 0) is 13.8 Å². The molecule has 6 nitrogen and oxygen atoms in total. The Labute approximate surface area is 117 Å². The summed E-state index contributed by atoms with van der Waals surface area (Å²) < 4.78 is 5.67. The molecule has 2 amide bonds. The Balaban J connectivity index is 1.64. The van der Waals surface area contributed by atoms with Crippen LogP contribution < -0.4 is 10.6 Å². The van der Waals surface area contributed by atoms with Gasteiger partial charge in [0, 0.05) is 37.8 Å². The Morgan fingerprint density at radius 1 is 1.53 bits per heavy atom. The number of urea groups is 1. The SMILES string of the molecule is CC1CN(CCNC(=O)Nc2nccs2)CC(C)O1. The molecular weight excluding hydrogens is 264 g/mol. The highest BCUT2D eigenvalue weighted by Crippen LogP contribution is 2.10. The number of hydrogen-bond acceptors (Lipinski definition) is 5. The molecule has 0 aromatic carbocycles. The number of thiazole rings is 1. The topological polar surface area (TPSA) is 66.5 Å². The van der Waals surface area contributed by atoms with Crippen molar-refractivity contribution < 1.29 is 9.53 Å². The molecule has 2 heterocycles. The minimum absolute atomic E-state index is 0.204. The third kappa shape index (κ3) is 4.77. The molecule has 0 aliphatic carbocycles. The number of nitrogens with one attached hydrogen (secondary N) is 2. The normalized spacial score (nSPS) is 24.1. The summed E-state index contributed by atoms with van der Waals surface area (Å²) in [5.74, 6) is 0. The third-order valence-corrected chi connectivity index (χ3v) is 3.55. The number of carbonyl (C=O) groups excluding carboxylic acids is 1. The van der Waals surface area contributed by atoms with Crippen LogP contribution in [-0.2, 0) is 4.74 Å². The van der Waals surface area contributed by atoms with E-state index in [9.17, 15) is 4.79 Å². The Hall–Kier alpha value is -1.18. The first-order valence-corrected chi connectivity index (χ1v) is 7.33. The second kappa shape index (κ2) is 6.83. The molecule has 106 valence electrons. The van der Waals surface area contributed by atoms with Crippen molar-refractivity contribution in [1.82, 2.24) is 15.2 Å². The van der Waals surface area contributed by atoms with E-state index in [2.05, 4.69) is 34.4 Å². The fourth-order valence-electron chi connectivity index (χ4n) is 2.22. The Bertz CT molecular complexity index is 388. The highest BCUT2D eigenvalue weighted by atomic mass is 32.1. The van der Waals surface area contributed by atoms with Crippen molar-refractivity contribution in [2.24, 2.45) is 0 Å². The average Bonchev–Trinajstić information content (AvgIpc) is 2.80. The second-order valence-corrected chi connectivity index (χ2v) is 5.63. The van der Waals surface area contributed by atoms with Gasteiger partial charge in [-0.25, -0.2) is 9.78 Å². The van der Waals surface area contributed by atoms with Crippen LogP contribution in [0.5, 0.6) is 0 Å². The number of carbonyl (C=O) groups is 1. The first kappa shape index (κ1) is 14.2. The number of nitrogens with zero attached hydrogens (tertiary/aromatic N) is 2. The third-order valence-electron chi connectivity index (χ3n) is 2.86. The van der Waals surface area contributed by atoms with Crippen molar-refractivity contribution in [2.45, 2.75) is 26.1 Å². The number of ether oxygens (including phenoxy) is 1. The van der Waals surface area contributed by atoms with Gasteiger partial charge in [0.25, 0.3) is 0 Å². The van der Waals surface area contributed by atoms with E-state index in [0.29, 0.717) is 11.7 Å². The number of amides is 2. The summed E-state index contributed by atoms with van der Waals surface area (Å²) in [5.41, 5.74) is 0. The largest absolute Gasteiger partial charge is 0.373 e. The van der Waals surface area contributed by atoms with Crippen LogP contribution in [0.25, 0.3) is 0 Å². The lowest BCUT2D eigenvalue weighted by Gasteiger charge is -2.35. The Morgan fingerprint density at radius 3 is 2.89 bits per heavy atom. The molecule has 0 saturated carbocycles. The first-order valence-electron chi connectivity index (χ1n) is 6.45. The number of morpholine rings is 1. The predicted molar refractivity (Wildman–Crippen MR) is 75.6 cm³/mol. The van der Waals surface area contributed by atoms with Crippen LogP contribution in [0.3, 0.4) is 0 Å². The molecule has 1 aliphatic rings. The van der Waals surface area contributed by atoms with E-state index in [1.165, 1.54) is 11.3 Å². The maximum atomic E-state index is 11.6. The van der Waals surface area contributed by atoms with Gasteiger partial charge in [-0.3, -0.25) is 10.2 Å². The molecule has 7 heteroatoms. The fraction of sp³-hybridized carbons (Fsp3) is 0.667. The molecule has 2 N–H and O–H groups in total. The molecule has 0 spiro atoms. The van der Waals surface area contributed by atoms with E-state index in [4.69, 9.17) is 4.74 Å². The second-order valence-electron chi connectivity index (χ2n) is 4.74. The molecule has 1 saturated heterocycles. The molecule has 1 aliphatic heterocycles. The molecule has 1 aromatic rings. The summed E-state index contributed by atoms with van der Waals surface area (Å²) in [4.78, 5) is 17.9. The zero-order chi connectivity index (χ0) is 13.7. The van der Waals surface area contributed by atoms with E-state index in [-0.39, 0.29) is 18.2 Å². The molecule has 1 fully saturated rings. The van der Waals surface area contributed by atoms with Crippen molar-refractivity contribution in [3.05, 3.63) is 11.6 Å². The summed E-state index contributed by atoms with van der Waals surface area (Å²) in [5, 5.41) is 7.97. The maximum Gasteiger partial charge on any atom is 0.321 e. The number of rotatable bonds is 4. The quantitative estimate of drug-likeness (QED) is 0.876. The molecule has 2 atom stereocenters. The van der Waals surface area contributed by atoms with Crippen molar-refractivity contribution in [1.29, 1.82) is 0 Å². The summed E-state index contributed by atoms with van der Waals surface area (Å²) in [6.45, 7) is 7.44. The molecule has 0 radical (unpaired) electrons. The predicted octanol–water partition coefficient (Wildman–Crippen LogP) is 1.37. The lowest BCUT2D eigenvalue weighted by Crippen LogP contribution is -2.48. The van der Waals surface area contributed by atoms with Gasteiger partial charge in [-0.1, -0.05) is 0 Å². The van der Waals surface area contributed by atoms with Crippen LogP contribution in [0, 0.1) is 0 Å². The summed E-state index contributed by atoms with van der Waals surface area (Å²) in [7, 11) is 0. The van der Waals surface area contributed by atoms with Crippen LogP contribution >= 0.6 is 11.3 Å². The van der Waals surface area contributed by atoms with Gasteiger partial charge >= 0.3 is 6.03 Å². The number of aromatic nitrogens is 1. The smallest absolute Gasteiger partial charge is 0.321 e. The zero-order valence-electron chi connectivity index (χ0n) is 11.3. The van der Waals surface area contributed by atoms with Crippen LogP contribution in [0.4, 0.5) is 9.93 Å². The fourth-order valence-corrected chi connectivity index (χ4v) is 2.74. The zero-order valence-corrected chi connectivity index (χ0v) is 12.1. The van der Waals surface area contributed by atoms with Crippen LogP contribution in [0.2, 0.25) is 0 Å². The van der Waals surface area contributed by atoms with E-state index in [1.54, 1.807) is 6.20 Å². The minimum Gasteiger partial charge on any atom is -0.373 e. The van der Waals surface area contributed by atoms with E-state index in [0.717, 1.165) is 19.6 Å². The molecule has 2 rings (SSSR count). The molecular formula is C12H20N4O2S. The minimum atomic E-state index is -0.204. The van der Waals surface area contributed by atoms with E-state index < -0.39 is 0 Å². The van der Waals surface area contributed by atoms with Crippen molar-refractivity contribution >= 4 is 22.5 Å². The van der Waals surface area contributed by atoms with Gasteiger partial charge in [0.1, 0.15) is 0 Å². The summed E-state index contributed by atoms with van der Waals surface area (Å²) in [6, 6.07) is -0.204. The van der Waals surface area contributed by atoms with Crippen LogP contribution in [0.15, 0.2) is 11.6 Å². The van der Waals surface area contributed by atoms with Crippen LogP contribution in [0.1, 0.15) is 13.8 Å². The van der Waals surface area contributed by atoms with Gasteiger partial charge in [0.2, 0.25) is 0 Å². The summed E-state index contributed by atoms with van der Waals surface area (Å²) in [6.07, 6.45) is 2.18. The number of hydrogen-bond donors (Lipinski definition) is 2. The molecule has 2 unspecified atom stereocenters. The number of anilines is 1. The van der Waals surface area contributed by atoms with Crippen molar-refractivity contribution in [3.63, 3.8) is 0 Å². The Kier molecular flexibility index (Phi) is 5.12. The lowest BCUT2D eigenvalue weighted by molar-refractivity contribution is -0.0672. The van der Waals surface area contributed by atoms with E-state index in [1.807, 2.05) is 5.38 Å². The van der Waals surface area contributed by atoms with Gasteiger partial charge in [-0.2, -0.15) is 0 Å². The van der Waals surface area contributed by atoms with Gasteiger partial charge in [-0.15, -0.1) is 11.3 Å². The highest BCUT2D eigenvalue weighted by molar-refractivity contribution is 7.13. The van der Waals surface area contributed by atoms with Gasteiger partial charge in [0.15, 0.2) is 5.13 Å². The van der Waals surface area contributed by atoms with Gasteiger partial charge in [0.05, 0.1) is 12.2 Å². The molecule has 0 bridgehead atoms. The molecule has 19 heavy (non-hydrogen) atoms. The van der Waals surface area contributed by atoms with Crippen LogP contribution in [-0.4, -0.2) is 54.3 Å². The van der Waals surface area contributed by atoms with E-state index >= 15 is 0 Å². The monoisotopic (exact) mass is 284 g/mol. The standard InChI is InChI=1S/C12H20N4O2S/c1-9-7-16(8-10(2)18-9)5-3-13-11(17)15-12-14-4-6-19-12/h4,6,9-10H,3,5,7-8H2,1-2H3,(H2,13,14,15,17). The van der Waals surface area contributed by atoms with Crippen molar-refractivity contribution in [2.75, 3.05) is 31.5 Å². The Morgan fingerprint density at radius 2 is 2.26 bits per heavy atom. The molecule has 1 aromatic heterocycles. The average molecular weight is 284 g/mol. The lowest BCUT2D eigenvalue weighted by atomic mass is 10.2. The summed E-state index contributed by atoms with van der Waals surface area (Å²) >= 11 is 1.40. The highest BCUT2D eigenvalue weighted by Gasteiger charge is 2.21. The maximum absolute atomic E-state index is 11.6. The van der Waals surface area contributed by atoms with Gasteiger partial charge < -0.3 is 10.1 Å². The van der Waals surface area contributed by atoms with Crippen molar-refractivity contribution in [3.8, 4) is 0 Å². The first-order chi connectivity index (χ1) is 9.13.